The number of allylic oxidation sites excluding steroid dienone is 2. The molecule has 0 saturated heterocycles. The number of hydrogen-bond donors (Lipinski definition) is 1. The zero-order valence-electron chi connectivity index (χ0n) is 8.52. The smallest absolute Gasteiger partial charge is 0.163 e. The lowest BCUT2D eigenvalue weighted by atomic mass is 9.91. The van der Waals surface area contributed by atoms with Crippen LogP contribution in [0.25, 0.3) is 5.57 Å². The normalized spacial score (nSPS) is 30.1. The van der Waals surface area contributed by atoms with E-state index in [1.165, 1.54) is 0 Å². The topological polar surface area (TPSA) is 20.2 Å². The van der Waals surface area contributed by atoms with Crippen LogP contribution in [-0.4, -0.2) is 10.2 Å². The van der Waals surface area contributed by atoms with Crippen molar-refractivity contribution in [2.24, 2.45) is 5.92 Å². The molecule has 0 heterocycles. The highest BCUT2D eigenvalue weighted by molar-refractivity contribution is 6.24. The molecule has 1 aliphatic rings. The van der Waals surface area contributed by atoms with E-state index in [0.717, 1.165) is 11.1 Å². The van der Waals surface area contributed by atoms with Gasteiger partial charge in [-0.05, 0) is 17.2 Å². The Morgan fingerprint density at radius 1 is 1.27 bits per heavy atom. The van der Waals surface area contributed by atoms with Crippen molar-refractivity contribution in [3.05, 3.63) is 54.1 Å². The Bertz CT molecular complexity index is 404. The fourth-order valence-electron chi connectivity index (χ4n) is 1.62. The van der Waals surface area contributed by atoms with Gasteiger partial charge in [0.25, 0.3) is 0 Å². The van der Waals surface area contributed by atoms with Crippen LogP contribution in [0.15, 0.2) is 48.6 Å². The van der Waals surface area contributed by atoms with Gasteiger partial charge in [-0.3, -0.25) is 0 Å². The second-order valence-electron chi connectivity index (χ2n) is 3.84. The molecule has 1 nitrogen and oxygen atoms in total. The number of aliphatic hydroxyl groups is 1. The maximum absolute atomic E-state index is 9.74. The van der Waals surface area contributed by atoms with Crippen LogP contribution in [0.4, 0.5) is 0 Å². The average molecular weight is 221 g/mol. The SMILES string of the molecule is CC1C=C(c2ccccc2)C=CC1(O)Cl. The molecule has 2 heteroatoms. The third-order valence-electron chi connectivity index (χ3n) is 2.67. The molecule has 1 N–H and O–H groups in total. The molecular weight excluding hydrogens is 208 g/mol. The zero-order chi connectivity index (χ0) is 10.9. The molecule has 0 fully saturated rings. The van der Waals surface area contributed by atoms with Crippen molar-refractivity contribution < 1.29 is 5.11 Å². The minimum absolute atomic E-state index is 0.0839. The Labute approximate surface area is 94.7 Å². The maximum Gasteiger partial charge on any atom is 0.163 e. The summed E-state index contributed by atoms with van der Waals surface area (Å²) in [7, 11) is 0. The van der Waals surface area contributed by atoms with Crippen LogP contribution in [-0.2, 0) is 0 Å². The maximum atomic E-state index is 9.74. The summed E-state index contributed by atoms with van der Waals surface area (Å²) >= 11 is 5.90. The first-order chi connectivity index (χ1) is 7.09. The van der Waals surface area contributed by atoms with E-state index >= 15 is 0 Å². The predicted molar refractivity (Wildman–Crippen MR) is 63.5 cm³/mol. The minimum Gasteiger partial charge on any atom is -0.371 e. The first kappa shape index (κ1) is 10.5. The van der Waals surface area contributed by atoms with Crippen LogP contribution < -0.4 is 0 Å². The molecule has 0 spiro atoms. The van der Waals surface area contributed by atoms with E-state index in [9.17, 15) is 5.11 Å². The Kier molecular flexibility index (Phi) is 2.68. The van der Waals surface area contributed by atoms with Crippen LogP contribution in [0.3, 0.4) is 0 Å². The third kappa shape index (κ3) is 2.14. The standard InChI is InChI=1S/C13H13ClO/c1-10-9-12(7-8-13(10,14)15)11-5-3-2-4-6-11/h2-10,15H,1H3. The molecular formula is C13H13ClO. The number of halogens is 1. The van der Waals surface area contributed by atoms with Crippen molar-refractivity contribution in [1.82, 2.24) is 0 Å². The van der Waals surface area contributed by atoms with E-state index in [2.05, 4.69) is 0 Å². The zero-order valence-corrected chi connectivity index (χ0v) is 9.28. The van der Waals surface area contributed by atoms with Crippen LogP contribution in [0.5, 0.6) is 0 Å². The molecule has 2 atom stereocenters. The van der Waals surface area contributed by atoms with Crippen molar-refractivity contribution in [1.29, 1.82) is 0 Å². The number of hydrogen-bond acceptors (Lipinski definition) is 1. The van der Waals surface area contributed by atoms with E-state index < -0.39 is 5.06 Å². The molecule has 1 aromatic carbocycles. The van der Waals surface area contributed by atoms with Gasteiger partial charge in [0.1, 0.15) is 0 Å². The van der Waals surface area contributed by atoms with Crippen molar-refractivity contribution in [2.75, 3.05) is 0 Å². The molecule has 1 aromatic rings. The van der Waals surface area contributed by atoms with Crippen LogP contribution in [0.2, 0.25) is 0 Å². The summed E-state index contributed by atoms with van der Waals surface area (Å²) in [5, 5.41) is 8.50. The van der Waals surface area contributed by atoms with E-state index in [1.54, 1.807) is 6.08 Å². The van der Waals surface area contributed by atoms with Gasteiger partial charge < -0.3 is 5.11 Å². The largest absolute Gasteiger partial charge is 0.371 e. The summed E-state index contributed by atoms with van der Waals surface area (Å²) in [6, 6.07) is 10.1. The first-order valence-electron chi connectivity index (χ1n) is 4.97. The van der Waals surface area contributed by atoms with Gasteiger partial charge in [0.15, 0.2) is 5.06 Å². The molecule has 2 rings (SSSR count). The fourth-order valence-corrected chi connectivity index (χ4v) is 1.75. The first-order valence-corrected chi connectivity index (χ1v) is 5.35. The lowest BCUT2D eigenvalue weighted by molar-refractivity contribution is 0.140. The highest BCUT2D eigenvalue weighted by Crippen LogP contribution is 2.33. The Balaban J connectivity index is 2.32. The van der Waals surface area contributed by atoms with Gasteiger partial charge in [0, 0.05) is 5.92 Å². The highest BCUT2D eigenvalue weighted by atomic mass is 35.5. The van der Waals surface area contributed by atoms with Gasteiger partial charge in [0.05, 0.1) is 0 Å². The molecule has 2 unspecified atom stereocenters. The number of benzene rings is 1. The summed E-state index contributed by atoms with van der Waals surface area (Å²) in [6.45, 7) is 1.90. The summed E-state index contributed by atoms with van der Waals surface area (Å²) < 4.78 is 0. The van der Waals surface area contributed by atoms with Gasteiger partial charge in [0.2, 0.25) is 0 Å². The second kappa shape index (κ2) is 3.84. The van der Waals surface area contributed by atoms with Gasteiger partial charge in [-0.25, -0.2) is 0 Å². The van der Waals surface area contributed by atoms with Crippen molar-refractivity contribution in [2.45, 2.75) is 12.0 Å². The Morgan fingerprint density at radius 2 is 1.93 bits per heavy atom. The number of rotatable bonds is 1. The average Bonchev–Trinajstić information content (AvgIpc) is 2.23. The van der Waals surface area contributed by atoms with E-state index in [0.29, 0.717) is 0 Å². The Morgan fingerprint density at radius 3 is 2.53 bits per heavy atom. The quantitative estimate of drug-likeness (QED) is 0.721. The van der Waals surface area contributed by atoms with E-state index in [4.69, 9.17) is 11.6 Å². The summed E-state index contributed by atoms with van der Waals surface area (Å²) in [6.07, 6.45) is 5.49. The van der Waals surface area contributed by atoms with Crippen LogP contribution in [0.1, 0.15) is 12.5 Å². The molecule has 15 heavy (non-hydrogen) atoms. The minimum atomic E-state index is -1.24. The lowest BCUT2D eigenvalue weighted by Gasteiger charge is -2.26. The van der Waals surface area contributed by atoms with Crippen LogP contribution in [0, 0.1) is 5.92 Å². The molecule has 0 radical (unpaired) electrons. The van der Waals surface area contributed by atoms with Crippen molar-refractivity contribution in [3.8, 4) is 0 Å². The summed E-state index contributed by atoms with van der Waals surface area (Å²) in [5.41, 5.74) is 2.25. The number of alkyl halides is 1. The van der Waals surface area contributed by atoms with E-state index in [-0.39, 0.29) is 5.92 Å². The van der Waals surface area contributed by atoms with Gasteiger partial charge in [-0.15, -0.1) is 0 Å². The van der Waals surface area contributed by atoms with Crippen molar-refractivity contribution in [3.63, 3.8) is 0 Å². The van der Waals surface area contributed by atoms with Gasteiger partial charge in [-0.2, -0.15) is 0 Å². The molecule has 0 aliphatic heterocycles. The summed E-state index contributed by atoms with van der Waals surface area (Å²) in [4.78, 5) is 0. The Hall–Kier alpha value is -1.05. The van der Waals surface area contributed by atoms with Gasteiger partial charge >= 0.3 is 0 Å². The van der Waals surface area contributed by atoms with Crippen LogP contribution >= 0.6 is 11.6 Å². The molecule has 1 aliphatic carbocycles. The van der Waals surface area contributed by atoms with Gasteiger partial charge in [-0.1, -0.05) is 61.0 Å². The van der Waals surface area contributed by atoms with Crippen molar-refractivity contribution >= 4 is 17.2 Å². The predicted octanol–water partition coefficient (Wildman–Crippen LogP) is 3.20. The molecule has 78 valence electrons. The lowest BCUT2D eigenvalue weighted by Crippen LogP contribution is -2.27. The third-order valence-corrected chi connectivity index (χ3v) is 3.14. The van der Waals surface area contributed by atoms with E-state index in [1.807, 2.05) is 49.4 Å². The molecule has 0 amide bonds. The highest BCUT2D eigenvalue weighted by Gasteiger charge is 2.29. The molecule has 0 aromatic heterocycles. The summed E-state index contributed by atoms with van der Waals surface area (Å²) in [5.74, 6) is -0.0839. The fraction of sp³-hybridized carbons (Fsp3) is 0.231. The monoisotopic (exact) mass is 220 g/mol. The molecule has 0 bridgehead atoms. The second-order valence-corrected chi connectivity index (χ2v) is 4.44. The molecule has 0 saturated carbocycles.